The zero-order valence-corrected chi connectivity index (χ0v) is 23.8. The molecule has 0 bridgehead atoms. The second-order valence-corrected chi connectivity index (χ2v) is 9.11. The number of amides is 2. The van der Waals surface area contributed by atoms with Crippen LogP contribution in [0.3, 0.4) is 0 Å². The average Bonchev–Trinajstić information content (AvgIpc) is 2.64. The molecule has 10 heteroatoms. The predicted molar refractivity (Wildman–Crippen MR) is 141 cm³/mol. The first-order chi connectivity index (χ1) is 14.4. The van der Waals surface area contributed by atoms with Crippen molar-refractivity contribution in [1.82, 2.24) is 20.4 Å². The van der Waals surface area contributed by atoms with E-state index in [-0.39, 0.29) is 48.4 Å². The minimum atomic E-state index is -0.535. The number of likely N-dealkylation sites (N-methyl/N-ethyl adjacent to an activating group) is 1. The molecule has 9 nitrogen and oxygen atoms in total. The fraction of sp³-hybridized carbons (Fsp3) is 0.864. The number of hydrogen-bond acceptors (Lipinski definition) is 5. The summed E-state index contributed by atoms with van der Waals surface area (Å²) < 4.78 is 10.8. The first kappa shape index (κ1) is 32.9. The zero-order chi connectivity index (χ0) is 24.0. The normalized spacial score (nSPS) is 12.6. The Balaban J connectivity index is 0. The zero-order valence-electron chi connectivity index (χ0n) is 21.5. The van der Waals surface area contributed by atoms with Crippen molar-refractivity contribution in [3.05, 3.63) is 0 Å². The molecular weight excluding hydrogens is 525 g/mol. The van der Waals surface area contributed by atoms with Crippen LogP contribution >= 0.6 is 24.0 Å². The quantitative estimate of drug-likeness (QED) is 0.162. The van der Waals surface area contributed by atoms with Crippen LogP contribution in [0.1, 0.15) is 54.4 Å². The Labute approximate surface area is 212 Å². The van der Waals surface area contributed by atoms with Gasteiger partial charge < -0.3 is 29.9 Å². The van der Waals surface area contributed by atoms with Crippen LogP contribution in [-0.2, 0) is 14.3 Å². The molecule has 0 saturated heterocycles. The molecule has 0 aromatic heterocycles. The van der Waals surface area contributed by atoms with Crippen LogP contribution in [0.4, 0.5) is 4.79 Å². The molecule has 0 radical (unpaired) electrons. The first-order valence-electron chi connectivity index (χ1n) is 11.1. The van der Waals surface area contributed by atoms with E-state index in [1.165, 1.54) is 4.90 Å². The number of hydrogen-bond donors (Lipinski definition) is 2. The van der Waals surface area contributed by atoms with Crippen LogP contribution in [0.5, 0.6) is 0 Å². The van der Waals surface area contributed by atoms with E-state index in [0.29, 0.717) is 38.7 Å². The van der Waals surface area contributed by atoms with Crippen LogP contribution in [0.2, 0.25) is 0 Å². The van der Waals surface area contributed by atoms with Crippen molar-refractivity contribution in [2.75, 3.05) is 54.0 Å². The van der Waals surface area contributed by atoms with Gasteiger partial charge in [0, 0.05) is 53.5 Å². The van der Waals surface area contributed by atoms with Gasteiger partial charge in [0.05, 0.1) is 0 Å². The smallest absolute Gasteiger partial charge is 0.407 e. The fourth-order valence-corrected chi connectivity index (χ4v) is 2.58. The fourth-order valence-electron chi connectivity index (χ4n) is 2.58. The lowest BCUT2D eigenvalue weighted by Gasteiger charge is -2.28. The molecule has 0 aromatic carbocycles. The van der Waals surface area contributed by atoms with Gasteiger partial charge in [-0.25, -0.2) is 9.79 Å². The maximum absolute atomic E-state index is 12.2. The summed E-state index contributed by atoms with van der Waals surface area (Å²) in [5.41, 5.74) is -0.535. The number of carbonyl (C=O) groups excluding carboxylic acids is 2. The molecule has 1 unspecified atom stereocenters. The summed E-state index contributed by atoms with van der Waals surface area (Å²) in [7, 11) is 5.36. The maximum atomic E-state index is 12.2. The van der Waals surface area contributed by atoms with Gasteiger partial charge in [-0.1, -0.05) is 13.8 Å². The molecule has 32 heavy (non-hydrogen) atoms. The Hall–Kier alpha value is -1.30. The van der Waals surface area contributed by atoms with E-state index in [1.807, 2.05) is 39.6 Å². The van der Waals surface area contributed by atoms with Crippen LogP contribution in [0.25, 0.3) is 0 Å². The number of alkyl carbamates (subject to hydrolysis) is 1. The molecule has 0 aliphatic carbocycles. The first-order valence-corrected chi connectivity index (χ1v) is 11.1. The Morgan fingerprint density at radius 1 is 1.12 bits per heavy atom. The van der Waals surface area contributed by atoms with E-state index in [1.54, 1.807) is 14.1 Å². The summed E-state index contributed by atoms with van der Waals surface area (Å²) >= 11 is 0. The van der Waals surface area contributed by atoms with Crippen molar-refractivity contribution in [3.63, 3.8) is 0 Å². The van der Waals surface area contributed by atoms with E-state index >= 15 is 0 Å². The number of nitrogens with one attached hydrogen (secondary N) is 2. The van der Waals surface area contributed by atoms with Gasteiger partial charge in [-0.15, -0.1) is 24.0 Å². The highest BCUT2D eigenvalue weighted by Crippen LogP contribution is 2.11. The second-order valence-electron chi connectivity index (χ2n) is 9.11. The number of ether oxygens (including phenoxy) is 2. The van der Waals surface area contributed by atoms with Gasteiger partial charge in [0.1, 0.15) is 12.1 Å². The summed E-state index contributed by atoms with van der Waals surface area (Å²) in [6.07, 6.45) is 1.15. The van der Waals surface area contributed by atoms with Crippen molar-refractivity contribution < 1.29 is 19.1 Å². The molecule has 0 aliphatic rings. The van der Waals surface area contributed by atoms with Crippen molar-refractivity contribution in [3.8, 4) is 0 Å². The molecule has 0 heterocycles. The average molecular weight is 572 g/mol. The molecule has 0 aliphatic heterocycles. The van der Waals surface area contributed by atoms with Gasteiger partial charge in [-0.2, -0.15) is 0 Å². The summed E-state index contributed by atoms with van der Waals surface area (Å²) in [6.45, 7) is 14.4. The molecule has 1 atom stereocenters. The summed E-state index contributed by atoms with van der Waals surface area (Å²) in [6, 6.07) is -0.0417. The van der Waals surface area contributed by atoms with Crippen molar-refractivity contribution >= 4 is 41.9 Å². The topological polar surface area (TPSA) is 95.5 Å². The highest BCUT2D eigenvalue weighted by molar-refractivity contribution is 14.0. The van der Waals surface area contributed by atoms with Gasteiger partial charge >= 0.3 is 6.09 Å². The largest absolute Gasteiger partial charge is 0.444 e. The van der Waals surface area contributed by atoms with Crippen molar-refractivity contribution in [1.29, 1.82) is 0 Å². The number of guanidine groups is 1. The third-order valence-corrected chi connectivity index (χ3v) is 4.46. The molecule has 0 aromatic rings. The standard InChI is InChI=1S/C22H45N5O4.HI/c1-10-30-15-11-13-23-20(24-16-19(28)26(7)8)27(9)14-12-18(17(2)3)25-21(29)31-22(4,5)6;/h17-18H,10-16H2,1-9H3,(H,23,24)(H,25,29);1H. The maximum Gasteiger partial charge on any atom is 0.407 e. The number of rotatable bonds is 12. The van der Waals surface area contributed by atoms with E-state index in [4.69, 9.17) is 9.47 Å². The molecule has 190 valence electrons. The highest BCUT2D eigenvalue weighted by atomic mass is 127. The number of aliphatic imine (C=N–C) groups is 1. The third kappa shape index (κ3) is 16.3. The minimum Gasteiger partial charge on any atom is -0.444 e. The molecular formula is C22H46IN5O4. The summed E-state index contributed by atoms with van der Waals surface area (Å²) in [5, 5.41) is 6.28. The van der Waals surface area contributed by atoms with Gasteiger partial charge in [-0.3, -0.25) is 4.79 Å². The van der Waals surface area contributed by atoms with Crippen LogP contribution in [0.15, 0.2) is 4.99 Å². The molecule has 2 N–H and O–H groups in total. The van der Waals surface area contributed by atoms with Crippen LogP contribution in [-0.4, -0.2) is 93.4 Å². The Kier molecular flexibility index (Phi) is 17.7. The minimum absolute atomic E-state index is 0. The lowest BCUT2D eigenvalue weighted by Crippen LogP contribution is -2.46. The van der Waals surface area contributed by atoms with E-state index in [9.17, 15) is 9.59 Å². The molecule has 0 fully saturated rings. The number of carbonyl (C=O) groups is 2. The molecule has 0 rings (SSSR count). The second kappa shape index (κ2) is 17.2. The Morgan fingerprint density at radius 2 is 1.75 bits per heavy atom. The van der Waals surface area contributed by atoms with Gasteiger partial charge in [0.2, 0.25) is 5.91 Å². The van der Waals surface area contributed by atoms with E-state index < -0.39 is 11.7 Å². The number of nitrogens with zero attached hydrogens (tertiary/aromatic N) is 3. The predicted octanol–water partition coefficient (Wildman–Crippen LogP) is 2.94. The van der Waals surface area contributed by atoms with Crippen LogP contribution in [0, 0.1) is 5.92 Å². The SMILES string of the molecule is CCOCCCNC(=NCC(=O)N(C)C)N(C)CCC(NC(=O)OC(C)(C)C)C(C)C.I. The Bertz CT molecular complexity index is 565. The molecule has 0 saturated carbocycles. The van der Waals surface area contributed by atoms with E-state index in [2.05, 4.69) is 29.5 Å². The van der Waals surface area contributed by atoms with Crippen LogP contribution < -0.4 is 10.6 Å². The third-order valence-electron chi connectivity index (χ3n) is 4.46. The van der Waals surface area contributed by atoms with Gasteiger partial charge in [0.25, 0.3) is 0 Å². The molecule has 0 spiro atoms. The Morgan fingerprint density at radius 3 is 2.25 bits per heavy atom. The lowest BCUT2D eigenvalue weighted by molar-refractivity contribution is -0.127. The van der Waals surface area contributed by atoms with Crippen molar-refractivity contribution in [2.45, 2.75) is 66.0 Å². The lowest BCUT2D eigenvalue weighted by atomic mass is 10.0. The van der Waals surface area contributed by atoms with E-state index in [0.717, 1.165) is 6.42 Å². The number of halogens is 1. The van der Waals surface area contributed by atoms with Gasteiger partial charge in [0.15, 0.2) is 5.96 Å². The molecule has 2 amide bonds. The monoisotopic (exact) mass is 571 g/mol. The summed E-state index contributed by atoms with van der Waals surface area (Å²) in [4.78, 5) is 32.1. The van der Waals surface area contributed by atoms with Gasteiger partial charge in [-0.05, 0) is 46.5 Å². The highest BCUT2D eigenvalue weighted by Gasteiger charge is 2.22. The summed E-state index contributed by atoms with van der Waals surface area (Å²) in [5.74, 6) is 0.843. The van der Waals surface area contributed by atoms with Crippen molar-refractivity contribution in [2.24, 2.45) is 10.9 Å².